The summed E-state index contributed by atoms with van der Waals surface area (Å²) >= 11 is 6.53. The van der Waals surface area contributed by atoms with E-state index in [2.05, 4.69) is 5.43 Å². The number of rotatable bonds is 7. The molecule has 4 rings (SSSR count). The van der Waals surface area contributed by atoms with Crippen molar-refractivity contribution in [2.45, 2.75) is 20.5 Å². The maximum absolute atomic E-state index is 12.9. The first-order chi connectivity index (χ1) is 16.0. The molecular weight excluding hydrogens is 440 g/mol. The van der Waals surface area contributed by atoms with Gasteiger partial charge in [-0.2, -0.15) is 0 Å². The minimum absolute atomic E-state index is 0.00551. The van der Waals surface area contributed by atoms with E-state index in [0.29, 0.717) is 41.0 Å². The second-order valence-corrected chi connectivity index (χ2v) is 7.86. The summed E-state index contributed by atoms with van der Waals surface area (Å²) in [5.74, 6) is -0.0776. The SMILES string of the molecule is CCOc1cc(C=C2C(=O)NN(c3ccccc3)C2=O)cc(Cl)c1OCc1ccccc1C. The molecule has 3 aromatic rings. The smallest absolute Gasteiger partial charge is 0.282 e. The Kier molecular flexibility index (Phi) is 6.66. The minimum Gasteiger partial charge on any atom is -0.490 e. The molecular formula is C26H23ClN2O4. The minimum atomic E-state index is -0.488. The summed E-state index contributed by atoms with van der Waals surface area (Å²) in [5, 5.41) is 1.55. The molecule has 1 aliphatic heterocycles. The zero-order chi connectivity index (χ0) is 23.4. The number of amides is 2. The van der Waals surface area contributed by atoms with E-state index < -0.39 is 11.8 Å². The Morgan fingerprint density at radius 3 is 2.45 bits per heavy atom. The topological polar surface area (TPSA) is 67.9 Å². The lowest BCUT2D eigenvalue weighted by atomic mass is 10.1. The van der Waals surface area contributed by atoms with E-state index in [0.717, 1.165) is 11.1 Å². The fourth-order valence-electron chi connectivity index (χ4n) is 3.48. The number of nitrogens with zero attached hydrogens (tertiary/aromatic N) is 1. The molecule has 1 heterocycles. The molecule has 0 bridgehead atoms. The predicted molar refractivity (Wildman–Crippen MR) is 128 cm³/mol. The third-order valence-electron chi connectivity index (χ3n) is 5.18. The van der Waals surface area contributed by atoms with Crippen LogP contribution in [-0.4, -0.2) is 18.4 Å². The average Bonchev–Trinajstić information content (AvgIpc) is 3.09. The Morgan fingerprint density at radius 2 is 1.73 bits per heavy atom. The summed E-state index contributed by atoms with van der Waals surface area (Å²) in [6.45, 7) is 4.61. The molecule has 1 saturated heterocycles. The van der Waals surface area contributed by atoms with Gasteiger partial charge in [0.1, 0.15) is 12.2 Å². The summed E-state index contributed by atoms with van der Waals surface area (Å²) in [6.07, 6.45) is 1.50. The molecule has 0 unspecified atom stereocenters. The van der Waals surface area contributed by atoms with E-state index in [1.165, 1.54) is 11.1 Å². The van der Waals surface area contributed by atoms with E-state index >= 15 is 0 Å². The molecule has 6 nitrogen and oxygen atoms in total. The van der Waals surface area contributed by atoms with Crippen LogP contribution in [0.15, 0.2) is 72.3 Å². The molecule has 2 amide bonds. The van der Waals surface area contributed by atoms with Crippen LogP contribution in [0.25, 0.3) is 6.08 Å². The van der Waals surface area contributed by atoms with Gasteiger partial charge in [0.05, 0.1) is 17.3 Å². The molecule has 0 radical (unpaired) electrons. The maximum atomic E-state index is 12.9. The Bertz CT molecular complexity index is 1220. The molecule has 0 atom stereocenters. The first kappa shape index (κ1) is 22.4. The van der Waals surface area contributed by atoms with Crippen LogP contribution in [0, 0.1) is 6.92 Å². The molecule has 0 saturated carbocycles. The van der Waals surface area contributed by atoms with Crippen LogP contribution in [-0.2, 0) is 16.2 Å². The lowest BCUT2D eigenvalue weighted by Gasteiger charge is -2.15. The Labute approximate surface area is 197 Å². The van der Waals surface area contributed by atoms with Gasteiger partial charge in [0, 0.05) is 0 Å². The summed E-state index contributed by atoms with van der Waals surface area (Å²) in [5.41, 5.74) is 5.88. The third-order valence-corrected chi connectivity index (χ3v) is 5.46. The van der Waals surface area contributed by atoms with Gasteiger partial charge in [-0.25, -0.2) is 5.01 Å². The molecule has 0 spiro atoms. The normalized spacial score (nSPS) is 14.5. The van der Waals surface area contributed by atoms with Crippen LogP contribution in [0.1, 0.15) is 23.6 Å². The van der Waals surface area contributed by atoms with Crippen LogP contribution in [0.2, 0.25) is 5.02 Å². The van der Waals surface area contributed by atoms with Gasteiger partial charge < -0.3 is 9.47 Å². The van der Waals surface area contributed by atoms with Gasteiger partial charge in [0.2, 0.25) is 0 Å². The van der Waals surface area contributed by atoms with E-state index in [-0.39, 0.29) is 5.57 Å². The van der Waals surface area contributed by atoms with Crippen LogP contribution in [0.3, 0.4) is 0 Å². The number of aryl methyl sites for hydroxylation is 1. The number of hydrogen-bond donors (Lipinski definition) is 1. The van der Waals surface area contributed by atoms with Gasteiger partial charge in [-0.05, 0) is 60.9 Å². The van der Waals surface area contributed by atoms with Crippen LogP contribution >= 0.6 is 11.6 Å². The van der Waals surface area contributed by atoms with Crippen molar-refractivity contribution in [1.29, 1.82) is 0 Å². The molecule has 0 aromatic heterocycles. The molecule has 33 heavy (non-hydrogen) atoms. The van der Waals surface area contributed by atoms with Gasteiger partial charge >= 0.3 is 0 Å². The van der Waals surface area contributed by atoms with E-state index in [1.54, 1.807) is 36.4 Å². The number of hydrogen-bond acceptors (Lipinski definition) is 4. The summed E-state index contributed by atoms with van der Waals surface area (Å²) in [7, 11) is 0. The summed E-state index contributed by atoms with van der Waals surface area (Å²) in [6, 6.07) is 20.2. The van der Waals surface area contributed by atoms with Crippen molar-refractivity contribution in [2.75, 3.05) is 11.6 Å². The first-order valence-corrected chi connectivity index (χ1v) is 10.9. The summed E-state index contributed by atoms with van der Waals surface area (Å²) in [4.78, 5) is 25.4. The van der Waals surface area contributed by atoms with E-state index in [1.807, 2.05) is 44.2 Å². The van der Waals surface area contributed by atoms with Crippen molar-refractivity contribution in [3.05, 3.63) is 94.0 Å². The van der Waals surface area contributed by atoms with Gasteiger partial charge in [0.15, 0.2) is 11.5 Å². The van der Waals surface area contributed by atoms with Crippen molar-refractivity contribution >= 4 is 35.2 Å². The largest absolute Gasteiger partial charge is 0.490 e. The highest BCUT2D eigenvalue weighted by molar-refractivity contribution is 6.33. The van der Waals surface area contributed by atoms with Crippen molar-refractivity contribution < 1.29 is 19.1 Å². The average molecular weight is 463 g/mol. The Hall–Kier alpha value is -3.77. The van der Waals surface area contributed by atoms with Crippen molar-refractivity contribution in [3.8, 4) is 11.5 Å². The van der Waals surface area contributed by atoms with Gasteiger partial charge in [-0.15, -0.1) is 0 Å². The van der Waals surface area contributed by atoms with Gasteiger partial charge in [0.25, 0.3) is 11.8 Å². The number of nitrogens with one attached hydrogen (secondary N) is 1. The van der Waals surface area contributed by atoms with E-state index in [4.69, 9.17) is 21.1 Å². The lowest BCUT2D eigenvalue weighted by Crippen LogP contribution is -2.35. The van der Waals surface area contributed by atoms with Crippen molar-refractivity contribution in [3.63, 3.8) is 0 Å². The number of benzene rings is 3. The molecule has 1 aliphatic rings. The fraction of sp³-hybridized carbons (Fsp3) is 0.154. The highest BCUT2D eigenvalue weighted by atomic mass is 35.5. The van der Waals surface area contributed by atoms with Crippen LogP contribution in [0.5, 0.6) is 11.5 Å². The monoisotopic (exact) mass is 462 g/mol. The predicted octanol–water partition coefficient (Wildman–Crippen LogP) is 5.09. The number of hydrazine groups is 1. The van der Waals surface area contributed by atoms with Gasteiger partial charge in [-0.3, -0.25) is 15.0 Å². The van der Waals surface area contributed by atoms with E-state index in [9.17, 15) is 9.59 Å². The number of carbonyl (C=O) groups excluding carboxylic acids is 2. The van der Waals surface area contributed by atoms with Crippen molar-refractivity contribution in [2.24, 2.45) is 0 Å². The standard InChI is InChI=1S/C26H23ClN2O4/c1-3-32-23-15-18(14-22(27)24(23)33-16-19-10-8-7-9-17(19)2)13-21-25(30)28-29(26(21)31)20-11-5-4-6-12-20/h4-15H,3,16H2,1-2H3,(H,28,30). The Balaban J connectivity index is 1.62. The zero-order valence-corrected chi connectivity index (χ0v) is 19.1. The molecule has 3 aromatic carbocycles. The maximum Gasteiger partial charge on any atom is 0.282 e. The number of ether oxygens (including phenoxy) is 2. The fourth-order valence-corrected chi connectivity index (χ4v) is 3.75. The molecule has 1 N–H and O–H groups in total. The highest BCUT2D eigenvalue weighted by Gasteiger charge is 2.34. The molecule has 1 fully saturated rings. The summed E-state index contributed by atoms with van der Waals surface area (Å²) < 4.78 is 11.7. The number of carbonyl (C=O) groups is 2. The number of para-hydroxylation sites is 1. The second kappa shape index (κ2) is 9.79. The zero-order valence-electron chi connectivity index (χ0n) is 18.3. The van der Waals surface area contributed by atoms with Gasteiger partial charge in [-0.1, -0.05) is 54.1 Å². The molecule has 0 aliphatic carbocycles. The lowest BCUT2D eigenvalue weighted by molar-refractivity contribution is -0.117. The first-order valence-electron chi connectivity index (χ1n) is 10.5. The third kappa shape index (κ3) is 4.86. The van der Waals surface area contributed by atoms with Crippen molar-refractivity contribution in [1.82, 2.24) is 5.43 Å². The highest BCUT2D eigenvalue weighted by Crippen LogP contribution is 2.38. The van der Waals surface area contributed by atoms with Crippen LogP contribution in [0.4, 0.5) is 5.69 Å². The second-order valence-electron chi connectivity index (χ2n) is 7.45. The van der Waals surface area contributed by atoms with Crippen LogP contribution < -0.4 is 19.9 Å². The molecule has 7 heteroatoms. The number of anilines is 1. The molecule has 168 valence electrons. The quantitative estimate of drug-likeness (QED) is 0.392. The number of halogens is 1. The Morgan fingerprint density at radius 1 is 1.00 bits per heavy atom.